The average molecular weight is 483 g/mol. The van der Waals surface area contributed by atoms with Gasteiger partial charge in [-0.15, -0.1) is 0 Å². The van der Waals surface area contributed by atoms with Crippen LogP contribution in [0.4, 0.5) is 10.1 Å². The number of nitrogens with zero attached hydrogens (tertiary/aromatic N) is 1. The fourth-order valence-electron chi connectivity index (χ4n) is 4.22. The van der Waals surface area contributed by atoms with Crippen LogP contribution in [0.25, 0.3) is 0 Å². The lowest BCUT2D eigenvalue weighted by Crippen LogP contribution is -2.44. The van der Waals surface area contributed by atoms with E-state index in [-0.39, 0.29) is 27.6 Å². The summed E-state index contributed by atoms with van der Waals surface area (Å²) in [7, 11) is -2.36. The number of nitrogens with one attached hydrogen (secondary N) is 1. The van der Waals surface area contributed by atoms with Crippen LogP contribution in [0.3, 0.4) is 0 Å². The number of carbonyl (C=O) groups is 1. The lowest BCUT2D eigenvalue weighted by molar-refractivity contribution is 0.0487. The summed E-state index contributed by atoms with van der Waals surface area (Å²) in [6, 6.07) is 21.1. The van der Waals surface area contributed by atoms with E-state index in [1.807, 2.05) is 6.07 Å². The summed E-state index contributed by atoms with van der Waals surface area (Å²) >= 11 is 0. The second-order valence-corrected chi connectivity index (χ2v) is 10.4. The number of anilines is 1. The van der Waals surface area contributed by atoms with Gasteiger partial charge in [0.15, 0.2) is 0 Å². The zero-order chi connectivity index (χ0) is 24.2. The first kappa shape index (κ1) is 23.9. The Kier molecular flexibility index (Phi) is 7.00. The molecule has 0 bridgehead atoms. The molecule has 0 radical (unpaired) electrons. The minimum Gasteiger partial charge on any atom is -0.381 e. The fraction of sp³-hybridized carbons (Fsp3) is 0.269. The molecule has 0 aliphatic carbocycles. The van der Waals surface area contributed by atoms with Gasteiger partial charge >= 0.3 is 0 Å². The van der Waals surface area contributed by atoms with E-state index in [1.54, 1.807) is 48.5 Å². The van der Waals surface area contributed by atoms with E-state index in [1.165, 1.54) is 35.6 Å². The molecule has 34 heavy (non-hydrogen) atoms. The van der Waals surface area contributed by atoms with Crippen LogP contribution < -0.4 is 9.62 Å². The Hall–Kier alpha value is -3.23. The van der Waals surface area contributed by atoms with Crippen molar-refractivity contribution >= 4 is 21.6 Å². The van der Waals surface area contributed by atoms with E-state index in [2.05, 4.69) is 5.32 Å². The van der Waals surface area contributed by atoms with E-state index < -0.39 is 10.0 Å². The molecule has 0 spiro atoms. The zero-order valence-corrected chi connectivity index (χ0v) is 19.7. The molecule has 8 heteroatoms. The van der Waals surface area contributed by atoms with E-state index in [0.29, 0.717) is 38.3 Å². The van der Waals surface area contributed by atoms with E-state index in [4.69, 9.17) is 4.74 Å². The number of amides is 1. The highest BCUT2D eigenvalue weighted by atomic mass is 32.2. The quantitative estimate of drug-likeness (QED) is 0.550. The van der Waals surface area contributed by atoms with Crippen LogP contribution in [0, 0.1) is 5.82 Å². The van der Waals surface area contributed by atoms with Crippen molar-refractivity contribution in [2.75, 3.05) is 31.1 Å². The Labute approximate surface area is 199 Å². The maximum absolute atomic E-state index is 13.5. The molecule has 1 saturated heterocycles. The number of halogens is 1. The van der Waals surface area contributed by atoms with E-state index >= 15 is 0 Å². The largest absolute Gasteiger partial charge is 0.381 e. The van der Waals surface area contributed by atoms with Crippen LogP contribution in [-0.2, 0) is 20.2 Å². The number of hydrogen-bond donors (Lipinski definition) is 1. The normalized spacial score (nSPS) is 15.5. The number of carbonyl (C=O) groups excluding carboxylic acids is 1. The molecule has 0 saturated carbocycles. The highest BCUT2D eigenvalue weighted by Gasteiger charge is 2.35. The smallest absolute Gasteiger partial charge is 0.264 e. The number of rotatable bonds is 7. The molecular formula is C26H27FN2O4S. The van der Waals surface area contributed by atoms with Crippen molar-refractivity contribution in [1.29, 1.82) is 0 Å². The first-order valence-corrected chi connectivity index (χ1v) is 12.5. The van der Waals surface area contributed by atoms with Crippen LogP contribution in [0.1, 0.15) is 28.8 Å². The van der Waals surface area contributed by atoms with E-state index in [9.17, 15) is 17.6 Å². The molecule has 1 aliphatic rings. The Morgan fingerprint density at radius 2 is 1.68 bits per heavy atom. The van der Waals surface area contributed by atoms with Gasteiger partial charge in [0.2, 0.25) is 0 Å². The molecule has 1 N–H and O–H groups in total. The first-order valence-electron chi connectivity index (χ1n) is 11.1. The zero-order valence-electron chi connectivity index (χ0n) is 18.9. The molecule has 1 amide bonds. The summed E-state index contributed by atoms with van der Waals surface area (Å²) < 4.78 is 46.4. The molecule has 6 nitrogen and oxygen atoms in total. The number of ether oxygens (including phenoxy) is 1. The van der Waals surface area contributed by atoms with Gasteiger partial charge in [-0.3, -0.25) is 9.10 Å². The SMILES string of the molecule is CN(c1ccccc1)S(=O)(=O)c1cccc(C(=O)NCC2(c3ccc(F)cc3)CCOCC2)c1. The van der Waals surface area contributed by atoms with Gasteiger partial charge in [-0.05, 0) is 60.9 Å². The van der Waals surface area contributed by atoms with Crippen molar-refractivity contribution in [3.63, 3.8) is 0 Å². The summed E-state index contributed by atoms with van der Waals surface area (Å²) in [5, 5.41) is 2.97. The third-order valence-corrected chi connectivity index (χ3v) is 8.15. The minimum atomic E-state index is -3.84. The van der Waals surface area contributed by atoms with Gasteiger partial charge in [0.25, 0.3) is 15.9 Å². The Bertz CT molecular complexity index is 1240. The molecule has 3 aromatic rings. The Balaban J connectivity index is 1.53. The number of sulfonamides is 1. The summed E-state index contributed by atoms with van der Waals surface area (Å²) in [4.78, 5) is 13.1. The summed E-state index contributed by atoms with van der Waals surface area (Å²) in [6.07, 6.45) is 1.38. The number of para-hydroxylation sites is 1. The summed E-state index contributed by atoms with van der Waals surface area (Å²) in [5.74, 6) is -0.680. The molecule has 0 aromatic heterocycles. The monoisotopic (exact) mass is 482 g/mol. The Morgan fingerprint density at radius 1 is 1.00 bits per heavy atom. The molecule has 1 heterocycles. The molecule has 4 rings (SSSR count). The van der Waals surface area contributed by atoms with Gasteiger partial charge in [-0.25, -0.2) is 12.8 Å². The van der Waals surface area contributed by atoms with Crippen LogP contribution >= 0.6 is 0 Å². The number of benzene rings is 3. The third-order valence-electron chi connectivity index (χ3n) is 6.37. The van der Waals surface area contributed by atoms with Gasteiger partial charge in [-0.1, -0.05) is 36.4 Å². The predicted molar refractivity (Wildman–Crippen MR) is 129 cm³/mol. The lowest BCUT2D eigenvalue weighted by Gasteiger charge is -2.38. The van der Waals surface area contributed by atoms with Gasteiger partial charge in [0, 0.05) is 37.8 Å². The molecular weight excluding hydrogens is 455 g/mol. The second-order valence-electron chi connectivity index (χ2n) is 8.42. The molecule has 178 valence electrons. The topological polar surface area (TPSA) is 75.7 Å². The van der Waals surface area contributed by atoms with Crippen molar-refractivity contribution in [2.45, 2.75) is 23.2 Å². The van der Waals surface area contributed by atoms with Crippen molar-refractivity contribution in [3.05, 3.63) is 95.8 Å². The minimum absolute atomic E-state index is 0.0332. The van der Waals surface area contributed by atoms with Crippen LogP contribution in [0.2, 0.25) is 0 Å². The average Bonchev–Trinajstić information content (AvgIpc) is 2.88. The number of hydrogen-bond acceptors (Lipinski definition) is 4. The third kappa shape index (κ3) is 4.98. The van der Waals surface area contributed by atoms with Crippen LogP contribution in [-0.4, -0.2) is 41.1 Å². The molecule has 0 unspecified atom stereocenters. The Morgan fingerprint density at radius 3 is 2.35 bits per heavy atom. The highest BCUT2D eigenvalue weighted by molar-refractivity contribution is 7.92. The summed E-state index contributed by atoms with van der Waals surface area (Å²) in [6.45, 7) is 1.43. The van der Waals surface area contributed by atoms with Crippen molar-refractivity contribution in [2.24, 2.45) is 0 Å². The standard InChI is InChI=1S/C26H27FN2O4S/c1-29(23-7-3-2-4-8-23)34(31,32)24-9-5-6-20(18-24)25(30)28-19-26(14-16-33-17-15-26)21-10-12-22(27)13-11-21/h2-13,18H,14-17,19H2,1H3,(H,28,30). The van der Waals surface area contributed by atoms with Gasteiger partial charge < -0.3 is 10.1 Å². The first-order chi connectivity index (χ1) is 16.3. The van der Waals surface area contributed by atoms with Gasteiger partial charge in [0.1, 0.15) is 5.82 Å². The predicted octanol–water partition coefficient (Wildman–Crippen LogP) is 4.13. The van der Waals surface area contributed by atoms with Gasteiger partial charge in [-0.2, -0.15) is 0 Å². The van der Waals surface area contributed by atoms with Crippen molar-refractivity contribution < 1.29 is 22.3 Å². The summed E-state index contributed by atoms with van der Waals surface area (Å²) in [5.41, 5.74) is 1.35. The molecule has 1 fully saturated rings. The molecule has 3 aromatic carbocycles. The van der Waals surface area contributed by atoms with E-state index in [0.717, 1.165) is 5.56 Å². The van der Waals surface area contributed by atoms with Crippen molar-refractivity contribution in [3.8, 4) is 0 Å². The molecule has 1 aliphatic heterocycles. The lowest BCUT2D eigenvalue weighted by atomic mass is 9.74. The van der Waals surface area contributed by atoms with Crippen molar-refractivity contribution in [1.82, 2.24) is 5.32 Å². The maximum Gasteiger partial charge on any atom is 0.264 e. The second kappa shape index (κ2) is 9.95. The fourth-order valence-corrected chi connectivity index (χ4v) is 5.46. The van der Waals surface area contributed by atoms with Gasteiger partial charge in [0.05, 0.1) is 10.6 Å². The van der Waals surface area contributed by atoms with Crippen LogP contribution in [0.15, 0.2) is 83.8 Å². The highest BCUT2D eigenvalue weighted by Crippen LogP contribution is 2.34. The maximum atomic E-state index is 13.5. The molecule has 0 atom stereocenters. The van der Waals surface area contributed by atoms with Crippen LogP contribution in [0.5, 0.6) is 0 Å².